The van der Waals surface area contributed by atoms with Gasteiger partial charge in [0.1, 0.15) is 0 Å². The first kappa shape index (κ1) is 13.6. The molecule has 1 unspecified atom stereocenters. The molecular formula is C15H27N. The number of terminal acetylenes is 1. The molecule has 0 saturated heterocycles. The van der Waals surface area contributed by atoms with Crippen molar-refractivity contribution in [2.45, 2.75) is 59.9 Å². The van der Waals surface area contributed by atoms with Gasteiger partial charge in [0.25, 0.3) is 0 Å². The van der Waals surface area contributed by atoms with Gasteiger partial charge in [-0.2, -0.15) is 0 Å². The van der Waals surface area contributed by atoms with E-state index >= 15 is 0 Å². The Hall–Kier alpha value is -0.480. The monoisotopic (exact) mass is 221 g/mol. The molecule has 0 aromatic rings. The molecule has 1 atom stereocenters. The third-order valence-corrected chi connectivity index (χ3v) is 4.84. The van der Waals surface area contributed by atoms with Crippen LogP contribution < -0.4 is 5.32 Å². The third kappa shape index (κ3) is 2.28. The van der Waals surface area contributed by atoms with Crippen molar-refractivity contribution in [2.75, 3.05) is 6.54 Å². The second-order valence-corrected chi connectivity index (χ2v) is 6.18. The fourth-order valence-electron chi connectivity index (χ4n) is 3.33. The van der Waals surface area contributed by atoms with Crippen LogP contribution in [0.5, 0.6) is 0 Å². The SMILES string of the molecule is C#CCCCC(NCC)C1C(C)(C)C1(C)C. The normalized spacial score (nSPS) is 23.8. The fraction of sp³-hybridized carbons (Fsp3) is 0.867. The summed E-state index contributed by atoms with van der Waals surface area (Å²) >= 11 is 0. The molecule has 0 aliphatic heterocycles. The molecule has 0 heterocycles. The highest BCUT2D eigenvalue weighted by molar-refractivity contribution is 5.16. The molecule has 0 bridgehead atoms. The van der Waals surface area contributed by atoms with E-state index in [-0.39, 0.29) is 0 Å². The zero-order chi connectivity index (χ0) is 12.4. The van der Waals surface area contributed by atoms with Crippen molar-refractivity contribution < 1.29 is 0 Å². The molecule has 0 amide bonds. The fourth-order valence-corrected chi connectivity index (χ4v) is 3.33. The lowest BCUT2D eigenvalue weighted by molar-refractivity contribution is 0.378. The summed E-state index contributed by atoms with van der Waals surface area (Å²) in [5.74, 6) is 3.53. The molecule has 1 aliphatic rings. The Morgan fingerprint density at radius 3 is 2.19 bits per heavy atom. The maximum absolute atomic E-state index is 5.32. The van der Waals surface area contributed by atoms with E-state index in [2.05, 4.69) is 45.9 Å². The van der Waals surface area contributed by atoms with Crippen LogP contribution in [0.3, 0.4) is 0 Å². The van der Waals surface area contributed by atoms with Crippen molar-refractivity contribution in [3.05, 3.63) is 0 Å². The Kier molecular flexibility index (Phi) is 4.07. The lowest BCUT2D eigenvalue weighted by Crippen LogP contribution is -2.33. The second kappa shape index (κ2) is 4.80. The van der Waals surface area contributed by atoms with Gasteiger partial charge in [-0.3, -0.25) is 0 Å². The van der Waals surface area contributed by atoms with E-state index in [0.717, 1.165) is 25.3 Å². The Morgan fingerprint density at radius 2 is 1.81 bits per heavy atom. The number of unbranched alkanes of at least 4 members (excludes halogenated alkanes) is 1. The van der Waals surface area contributed by atoms with Gasteiger partial charge in [-0.15, -0.1) is 12.3 Å². The van der Waals surface area contributed by atoms with Crippen LogP contribution in [0.25, 0.3) is 0 Å². The van der Waals surface area contributed by atoms with Crippen molar-refractivity contribution in [3.63, 3.8) is 0 Å². The van der Waals surface area contributed by atoms with Gasteiger partial charge < -0.3 is 5.32 Å². The molecule has 1 heteroatoms. The van der Waals surface area contributed by atoms with E-state index < -0.39 is 0 Å². The average molecular weight is 221 g/mol. The van der Waals surface area contributed by atoms with Crippen LogP contribution >= 0.6 is 0 Å². The molecule has 0 spiro atoms. The van der Waals surface area contributed by atoms with Crippen molar-refractivity contribution in [1.82, 2.24) is 5.32 Å². The Balaban J connectivity index is 2.56. The predicted molar refractivity (Wildman–Crippen MR) is 71.2 cm³/mol. The van der Waals surface area contributed by atoms with E-state index in [4.69, 9.17) is 6.42 Å². The van der Waals surface area contributed by atoms with Gasteiger partial charge in [0.2, 0.25) is 0 Å². The zero-order valence-corrected chi connectivity index (χ0v) is 11.6. The zero-order valence-electron chi connectivity index (χ0n) is 11.6. The van der Waals surface area contributed by atoms with Crippen LogP contribution in [-0.2, 0) is 0 Å². The number of hydrogen-bond donors (Lipinski definition) is 1. The van der Waals surface area contributed by atoms with Crippen molar-refractivity contribution in [3.8, 4) is 12.3 Å². The van der Waals surface area contributed by atoms with Crippen LogP contribution in [0.15, 0.2) is 0 Å². The maximum atomic E-state index is 5.32. The average Bonchev–Trinajstić information content (AvgIpc) is 2.57. The van der Waals surface area contributed by atoms with Crippen LogP contribution in [0.2, 0.25) is 0 Å². The molecule has 1 aliphatic carbocycles. The van der Waals surface area contributed by atoms with Gasteiger partial charge in [-0.05, 0) is 36.1 Å². The summed E-state index contributed by atoms with van der Waals surface area (Å²) < 4.78 is 0. The lowest BCUT2D eigenvalue weighted by atomic mass is 9.99. The predicted octanol–water partition coefficient (Wildman–Crippen LogP) is 3.45. The molecule has 1 nitrogen and oxygen atoms in total. The highest BCUT2D eigenvalue weighted by Gasteiger charge is 2.66. The number of rotatable bonds is 6. The highest BCUT2D eigenvalue weighted by atomic mass is 15.0. The van der Waals surface area contributed by atoms with E-state index in [1.807, 2.05) is 0 Å². The van der Waals surface area contributed by atoms with E-state index in [1.165, 1.54) is 6.42 Å². The quantitative estimate of drug-likeness (QED) is 0.535. The topological polar surface area (TPSA) is 12.0 Å². The highest BCUT2D eigenvalue weighted by Crippen LogP contribution is 2.70. The van der Waals surface area contributed by atoms with Crippen molar-refractivity contribution in [2.24, 2.45) is 16.7 Å². The van der Waals surface area contributed by atoms with Crippen LogP contribution in [-0.4, -0.2) is 12.6 Å². The molecule has 0 aromatic heterocycles. The maximum Gasteiger partial charge on any atom is 0.0106 e. The summed E-state index contributed by atoms with van der Waals surface area (Å²) in [4.78, 5) is 0. The van der Waals surface area contributed by atoms with Crippen LogP contribution in [0.1, 0.15) is 53.9 Å². The van der Waals surface area contributed by atoms with Crippen molar-refractivity contribution >= 4 is 0 Å². The van der Waals surface area contributed by atoms with Crippen LogP contribution in [0, 0.1) is 29.1 Å². The minimum absolute atomic E-state index is 0.468. The summed E-state index contributed by atoms with van der Waals surface area (Å²) in [5.41, 5.74) is 0.936. The van der Waals surface area contributed by atoms with Gasteiger partial charge in [-0.25, -0.2) is 0 Å². The third-order valence-electron chi connectivity index (χ3n) is 4.84. The van der Waals surface area contributed by atoms with Gasteiger partial charge in [0.15, 0.2) is 0 Å². The number of hydrogen-bond acceptors (Lipinski definition) is 1. The Bertz CT molecular complexity index is 256. The molecule has 16 heavy (non-hydrogen) atoms. The van der Waals surface area contributed by atoms with E-state index in [1.54, 1.807) is 0 Å². The minimum atomic E-state index is 0.468. The first-order chi connectivity index (χ1) is 7.39. The smallest absolute Gasteiger partial charge is 0.0106 e. The van der Waals surface area contributed by atoms with Gasteiger partial charge >= 0.3 is 0 Å². The molecule has 1 fully saturated rings. The van der Waals surface area contributed by atoms with E-state index in [0.29, 0.717) is 16.9 Å². The molecule has 0 radical (unpaired) electrons. The molecule has 0 aromatic carbocycles. The van der Waals surface area contributed by atoms with Gasteiger partial charge in [-0.1, -0.05) is 34.6 Å². The molecule has 1 saturated carbocycles. The summed E-state index contributed by atoms with van der Waals surface area (Å²) in [6.45, 7) is 12.8. The molecule has 1 N–H and O–H groups in total. The molecule has 1 rings (SSSR count). The lowest BCUT2D eigenvalue weighted by Gasteiger charge is -2.19. The summed E-state index contributed by atoms with van der Waals surface area (Å²) in [5, 5.41) is 3.65. The summed E-state index contributed by atoms with van der Waals surface area (Å²) in [7, 11) is 0. The van der Waals surface area contributed by atoms with Gasteiger partial charge in [0, 0.05) is 12.5 Å². The van der Waals surface area contributed by atoms with Gasteiger partial charge in [0.05, 0.1) is 0 Å². The van der Waals surface area contributed by atoms with Crippen LogP contribution in [0.4, 0.5) is 0 Å². The molecular weight excluding hydrogens is 194 g/mol. The van der Waals surface area contributed by atoms with Crippen molar-refractivity contribution in [1.29, 1.82) is 0 Å². The standard InChI is InChI=1S/C15H27N/c1-7-9-10-11-12(16-8-2)13-14(3,4)15(13,5)6/h1,12-13,16H,8-11H2,2-6H3. The first-order valence-electron chi connectivity index (χ1n) is 6.56. The first-order valence-corrected chi connectivity index (χ1v) is 6.56. The minimum Gasteiger partial charge on any atom is -0.314 e. The Labute approximate surface area is 101 Å². The molecule has 92 valence electrons. The summed E-state index contributed by atoms with van der Waals surface area (Å²) in [6, 6.07) is 0.642. The Morgan fingerprint density at radius 1 is 1.25 bits per heavy atom. The van der Waals surface area contributed by atoms with E-state index in [9.17, 15) is 0 Å². The number of nitrogens with one attached hydrogen (secondary N) is 1. The summed E-state index contributed by atoms with van der Waals surface area (Å²) in [6.07, 6.45) is 8.60. The largest absolute Gasteiger partial charge is 0.314 e. The second-order valence-electron chi connectivity index (χ2n) is 6.18.